The summed E-state index contributed by atoms with van der Waals surface area (Å²) in [4.78, 5) is 2.37. The molecular weight excluding hydrogens is 849 g/mol. The molecule has 2 aromatic heterocycles. The number of nitrogens with zero attached hydrogens (tertiary/aromatic N) is 2. The van der Waals surface area contributed by atoms with Crippen molar-refractivity contribution in [2.24, 2.45) is 0 Å². The molecule has 2 heterocycles. The van der Waals surface area contributed by atoms with Gasteiger partial charge in [-0.25, -0.2) is 0 Å². The molecule has 0 unspecified atom stereocenters. The first-order valence-electron chi connectivity index (χ1n) is 24.1. The van der Waals surface area contributed by atoms with Crippen LogP contribution in [0.5, 0.6) is 0 Å². The van der Waals surface area contributed by atoms with Gasteiger partial charge in [0.25, 0.3) is 0 Å². The lowest BCUT2D eigenvalue weighted by atomic mass is 9.67. The van der Waals surface area contributed by atoms with Crippen LogP contribution < -0.4 is 4.90 Å². The van der Waals surface area contributed by atoms with Crippen molar-refractivity contribution in [3.05, 3.63) is 289 Å². The van der Waals surface area contributed by atoms with E-state index < -0.39 is 5.41 Å². The lowest BCUT2D eigenvalue weighted by molar-refractivity contribution is 0.666. The minimum atomic E-state index is -0.511. The van der Waals surface area contributed by atoms with Gasteiger partial charge >= 0.3 is 0 Å². The van der Waals surface area contributed by atoms with E-state index >= 15 is 0 Å². The molecule has 0 atom stereocenters. The Morgan fingerprint density at radius 3 is 1.51 bits per heavy atom. The minimum absolute atomic E-state index is 0.511. The van der Waals surface area contributed by atoms with Gasteiger partial charge in [-0.15, -0.1) is 0 Å². The van der Waals surface area contributed by atoms with E-state index in [0.29, 0.717) is 0 Å². The van der Waals surface area contributed by atoms with E-state index in [-0.39, 0.29) is 0 Å². The predicted molar refractivity (Wildman–Crippen MR) is 291 cm³/mol. The number of hydrogen-bond acceptors (Lipinski definition) is 2. The second kappa shape index (κ2) is 16.0. The Kier molecular flexibility index (Phi) is 9.11. The molecule has 3 nitrogen and oxygen atoms in total. The van der Waals surface area contributed by atoms with E-state index in [9.17, 15) is 0 Å². The van der Waals surface area contributed by atoms with E-state index in [1.54, 1.807) is 0 Å². The Hall–Kier alpha value is -9.18. The number of anilines is 3. The van der Waals surface area contributed by atoms with Crippen molar-refractivity contribution in [2.75, 3.05) is 4.90 Å². The molecule has 0 spiro atoms. The highest BCUT2D eigenvalue weighted by atomic mass is 16.3. The number of rotatable bonds is 8. The van der Waals surface area contributed by atoms with Crippen LogP contribution in [0.3, 0.4) is 0 Å². The summed E-state index contributed by atoms with van der Waals surface area (Å²) in [6.07, 6.45) is 0. The Labute approximate surface area is 406 Å². The Balaban J connectivity index is 0.938. The second-order valence-corrected chi connectivity index (χ2v) is 18.4. The smallest absolute Gasteiger partial charge is 0.137 e. The van der Waals surface area contributed by atoms with Crippen LogP contribution in [0.1, 0.15) is 22.3 Å². The molecule has 14 rings (SSSR count). The molecule has 0 amide bonds. The van der Waals surface area contributed by atoms with Gasteiger partial charge in [-0.1, -0.05) is 188 Å². The number of hydrogen-bond donors (Lipinski definition) is 0. The molecule has 13 aromatic rings. The third-order valence-electron chi connectivity index (χ3n) is 14.7. The van der Waals surface area contributed by atoms with Gasteiger partial charge in [0.05, 0.1) is 16.4 Å². The fraction of sp³-hybridized carbons (Fsp3) is 0.0149. The largest absolute Gasteiger partial charge is 0.456 e. The zero-order valence-electron chi connectivity index (χ0n) is 38.2. The molecule has 328 valence electrons. The highest BCUT2D eigenvalue weighted by Crippen LogP contribution is 2.57. The van der Waals surface area contributed by atoms with Gasteiger partial charge in [0.2, 0.25) is 0 Å². The van der Waals surface area contributed by atoms with Gasteiger partial charge in [-0.2, -0.15) is 0 Å². The molecule has 1 aliphatic rings. The van der Waals surface area contributed by atoms with E-state index in [2.05, 4.69) is 276 Å². The van der Waals surface area contributed by atoms with Gasteiger partial charge < -0.3 is 13.9 Å². The summed E-state index contributed by atoms with van der Waals surface area (Å²) in [6, 6.07) is 97.0. The zero-order chi connectivity index (χ0) is 46.2. The predicted octanol–water partition coefficient (Wildman–Crippen LogP) is 17.8. The SMILES string of the molecule is c1ccc(-c2ccc(N(c3ccc4c(c3)oc3cc5c(cc34)-c3ccccc3C5(c3ccccc3)c3ccccc3)c3ccc4c(c3)c3ccccc3n4-c3ccc(-c4ccccc4)cc3)cc2)cc1. The van der Waals surface area contributed by atoms with Crippen molar-refractivity contribution >= 4 is 60.8 Å². The van der Waals surface area contributed by atoms with Gasteiger partial charge in [0.1, 0.15) is 11.2 Å². The van der Waals surface area contributed by atoms with Crippen LogP contribution in [-0.2, 0) is 5.41 Å². The molecule has 0 saturated heterocycles. The number of furan rings is 1. The van der Waals surface area contributed by atoms with Crippen molar-refractivity contribution in [1.82, 2.24) is 4.57 Å². The highest BCUT2D eigenvalue weighted by molar-refractivity contribution is 6.12. The highest BCUT2D eigenvalue weighted by Gasteiger charge is 2.46. The van der Waals surface area contributed by atoms with Crippen LogP contribution in [0, 0.1) is 0 Å². The molecule has 0 N–H and O–H groups in total. The van der Waals surface area contributed by atoms with Crippen LogP contribution in [0.2, 0.25) is 0 Å². The Morgan fingerprint density at radius 1 is 0.314 bits per heavy atom. The molecule has 0 radical (unpaired) electrons. The van der Waals surface area contributed by atoms with E-state index in [1.165, 1.54) is 71.9 Å². The maximum Gasteiger partial charge on any atom is 0.137 e. The summed E-state index contributed by atoms with van der Waals surface area (Å²) >= 11 is 0. The van der Waals surface area contributed by atoms with Gasteiger partial charge in [-0.3, -0.25) is 0 Å². The molecule has 0 bridgehead atoms. The van der Waals surface area contributed by atoms with Gasteiger partial charge in [0, 0.05) is 50.4 Å². The lowest BCUT2D eigenvalue weighted by Gasteiger charge is -2.33. The van der Waals surface area contributed by atoms with Crippen molar-refractivity contribution in [2.45, 2.75) is 5.41 Å². The monoisotopic (exact) mass is 892 g/mol. The molecule has 0 aliphatic heterocycles. The zero-order valence-corrected chi connectivity index (χ0v) is 38.2. The van der Waals surface area contributed by atoms with Gasteiger partial charge in [0.15, 0.2) is 0 Å². The van der Waals surface area contributed by atoms with Gasteiger partial charge in [-0.05, 0) is 128 Å². The number of aromatic nitrogens is 1. The van der Waals surface area contributed by atoms with E-state index in [4.69, 9.17) is 4.42 Å². The molecule has 1 aliphatic carbocycles. The third kappa shape index (κ3) is 6.15. The fourth-order valence-corrected chi connectivity index (χ4v) is 11.5. The van der Waals surface area contributed by atoms with E-state index in [1.807, 2.05) is 0 Å². The average Bonchev–Trinajstić information content (AvgIpc) is 4.07. The molecule has 70 heavy (non-hydrogen) atoms. The summed E-state index contributed by atoms with van der Waals surface area (Å²) in [5.41, 5.74) is 20.0. The van der Waals surface area contributed by atoms with Crippen molar-refractivity contribution in [3.8, 4) is 39.1 Å². The molecule has 0 fully saturated rings. The number of benzene rings is 11. The fourth-order valence-electron chi connectivity index (χ4n) is 11.5. The Morgan fingerprint density at radius 2 is 0.829 bits per heavy atom. The summed E-state index contributed by atoms with van der Waals surface area (Å²) in [5.74, 6) is 0. The topological polar surface area (TPSA) is 21.3 Å². The van der Waals surface area contributed by atoms with Crippen molar-refractivity contribution < 1.29 is 4.42 Å². The quantitative estimate of drug-likeness (QED) is 0.152. The first-order chi connectivity index (χ1) is 34.7. The van der Waals surface area contributed by atoms with Crippen LogP contribution in [0.15, 0.2) is 271 Å². The standard InChI is InChI=1S/C67H44N2O/c1-5-17-45(18-6-1)47-29-33-51(34-30-47)68(53-38-40-64-59(41-53)56-26-14-16-28-63(56)69(64)52-35-31-48(32-36-52)46-19-7-2-8-20-46)54-37-39-57-60-43-58-55-25-13-15-27-61(55)67(49-21-9-3-10-22-49,50-23-11-4-12-24-50)62(58)44-66(60)70-65(57)42-54/h1-44H. The number of para-hydroxylation sites is 1. The first kappa shape index (κ1) is 39.9. The minimum Gasteiger partial charge on any atom is -0.456 e. The summed E-state index contributed by atoms with van der Waals surface area (Å²) in [5, 5.41) is 4.59. The van der Waals surface area contributed by atoms with Crippen LogP contribution >= 0.6 is 0 Å². The summed E-state index contributed by atoms with van der Waals surface area (Å²) < 4.78 is 9.46. The molecular formula is C67H44N2O. The first-order valence-corrected chi connectivity index (χ1v) is 24.1. The molecule has 11 aromatic carbocycles. The Bertz CT molecular complexity index is 4040. The second-order valence-electron chi connectivity index (χ2n) is 18.4. The lowest BCUT2D eigenvalue weighted by Crippen LogP contribution is -2.28. The summed E-state index contributed by atoms with van der Waals surface area (Å²) in [7, 11) is 0. The third-order valence-corrected chi connectivity index (χ3v) is 14.7. The molecule has 3 heteroatoms. The normalized spacial score (nSPS) is 12.7. The van der Waals surface area contributed by atoms with Crippen molar-refractivity contribution in [3.63, 3.8) is 0 Å². The number of fused-ring (bicyclic) bond motifs is 9. The van der Waals surface area contributed by atoms with E-state index in [0.717, 1.165) is 50.2 Å². The molecule has 0 saturated carbocycles. The maximum absolute atomic E-state index is 7.07. The maximum atomic E-state index is 7.07. The van der Waals surface area contributed by atoms with Crippen LogP contribution in [0.25, 0.3) is 82.8 Å². The van der Waals surface area contributed by atoms with Crippen molar-refractivity contribution in [1.29, 1.82) is 0 Å². The van der Waals surface area contributed by atoms with Crippen LogP contribution in [0.4, 0.5) is 17.1 Å². The van der Waals surface area contributed by atoms with Crippen LogP contribution in [-0.4, -0.2) is 4.57 Å². The summed E-state index contributed by atoms with van der Waals surface area (Å²) in [6.45, 7) is 0. The average molecular weight is 893 g/mol.